The molecule has 222 valence electrons. The number of benzene rings is 2. The second-order valence-electron chi connectivity index (χ2n) is 10.1. The van der Waals surface area contributed by atoms with Crippen LogP contribution in [0, 0.1) is 0 Å². The van der Waals surface area contributed by atoms with Crippen LogP contribution < -0.4 is 30.1 Å². The molecule has 1 saturated heterocycles. The monoisotopic (exact) mass is 662 g/mol. The third-order valence-electron chi connectivity index (χ3n) is 6.90. The zero-order valence-corrected chi connectivity index (χ0v) is 26.8. The lowest BCUT2D eigenvalue weighted by Crippen LogP contribution is -2.43. The van der Waals surface area contributed by atoms with E-state index in [9.17, 15) is 0 Å². The predicted molar refractivity (Wildman–Crippen MR) is 176 cm³/mol. The smallest absolute Gasteiger partial charge is 0.229 e. The van der Waals surface area contributed by atoms with Crippen molar-refractivity contribution in [2.24, 2.45) is 7.05 Å². The standard InChI is InChI=1S/C29H32BrN10O2P/c1-39-17-18(15-35-39)19-13-23(25(41-2)14-24(19)40-11-9-31-10-12-40)37-29-34-16-20(30)28(38-29)36-22-6-5-21-26(33-8-7-32-21)27(22)42-43(3)4/h5-8,13-17,31H,9-12H2,1-4H3,(H2,34,36,37,38). The first kappa shape index (κ1) is 29.0. The number of halogens is 1. The van der Waals surface area contributed by atoms with Crippen molar-refractivity contribution >= 4 is 63.9 Å². The van der Waals surface area contributed by atoms with Crippen LogP contribution in [-0.4, -0.2) is 76.3 Å². The minimum absolute atomic E-state index is 0.396. The number of hydrogen-bond donors (Lipinski definition) is 3. The Kier molecular flexibility index (Phi) is 8.55. The highest BCUT2D eigenvalue weighted by Crippen LogP contribution is 2.43. The van der Waals surface area contributed by atoms with Crippen molar-refractivity contribution in [2.45, 2.75) is 0 Å². The fourth-order valence-electron chi connectivity index (χ4n) is 4.94. The van der Waals surface area contributed by atoms with E-state index < -0.39 is 8.15 Å². The molecule has 3 N–H and O–H groups in total. The Balaban J connectivity index is 1.36. The number of anilines is 5. The summed E-state index contributed by atoms with van der Waals surface area (Å²) < 4.78 is 14.6. The SMILES string of the molecule is COc1cc(N2CCNCC2)c(-c2cnn(C)c2)cc1Nc1ncc(Br)c(Nc2ccc3nccnc3c2OP(C)C)n1. The molecule has 0 saturated carbocycles. The van der Waals surface area contributed by atoms with Gasteiger partial charge in [-0.15, -0.1) is 0 Å². The van der Waals surface area contributed by atoms with E-state index >= 15 is 0 Å². The summed E-state index contributed by atoms with van der Waals surface area (Å²) in [7, 11) is 2.87. The number of rotatable bonds is 9. The highest BCUT2D eigenvalue weighted by Gasteiger charge is 2.21. The van der Waals surface area contributed by atoms with Gasteiger partial charge in [-0.3, -0.25) is 9.67 Å². The Morgan fingerprint density at radius 2 is 1.81 bits per heavy atom. The number of methoxy groups -OCH3 is 1. The van der Waals surface area contributed by atoms with Crippen LogP contribution >= 0.6 is 24.1 Å². The van der Waals surface area contributed by atoms with Crippen LogP contribution in [-0.2, 0) is 7.05 Å². The van der Waals surface area contributed by atoms with Gasteiger partial charge in [0.1, 0.15) is 17.1 Å². The average Bonchev–Trinajstić information content (AvgIpc) is 3.46. The van der Waals surface area contributed by atoms with Crippen LogP contribution in [0.25, 0.3) is 22.2 Å². The minimum atomic E-state index is -0.714. The van der Waals surface area contributed by atoms with Gasteiger partial charge in [0, 0.05) is 80.9 Å². The first-order valence-electron chi connectivity index (χ1n) is 13.7. The van der Waals surface area contributed by atoms with E-state index in [4.69, 9.17) is 14.2 Å². The topological polar surface area (TPSA) is 127 Å². The first-order valence-corrected chi connectivity index (χ1v) is 16.7. The summed E-state index contributed by atoms with van der Waals surface area (Å²) in [6.45, 7) is 7.73. The molecule has 0 radical (unpaired) electrons. The molecular weight excluding hydrogens is 631 g/mol. The van der Waals surface area contributed by atoms with E-state index in [1.807, 2.05) is 44.9 Å². The van der Waals surface area contributed by atoms with E-state index in [0.717, 1.165) is 59.9 Å². The van der Waals surface area contributed by atoms with Gasteiger partial charge in [-0.2, -0.15) is 10.1 Å². The van der Waals surface area contributed by atoms with Crippen molar-refractivity contribution in [3.05, 3.63) is 59.7 Å². The molecule has 43 heavy (non-hydrogen) atoms. The fraction of sp³-hybridized carbons (Fsp3) is 0.276. The maximum absolute atomic E-state index is 6.24. The molecule has 4 heterocycles. The van der Waals surface area contributed by atoms with Gasteiger partial charge in [-0.25, -0.2) is 9.97 Å². The largest absolute Gasteiger partial charge is 0.494 e. The van der Waals surface area contributed by atoms with Crippen LogP contribution in [0.15, 0.2) is 59.7 Å². The molecule has 0 bridgehead atoms. The number of aromatic nitrogens is 6. The van der Waals surface area contributed by atoms with Gasteiger partial charge in [0.2, 0.25) is 5.95 Å². The van der Waals surface area contributed by atoms with Gasteiger partial charge in [0.05, 0.1) is 42.8 Å². The van der Waals surface area contributed by atoms with Crippen LogP contribution in [0.3, 0.4) is 0 Å². The lowest BCUT2D eigenvalue weighted by molar-refractivity contribution is 0.416. The summed E-state index contributed by atoms with van der Waals surface area (Å²) in [6, 6.07) is 7.97. The second kappa shape index (κ2) is 12.7. The van der Waals surface area contributed by atoms with E-state index in [2.05, 4.69) is 69.0 Å². The van der Waals surface area contributed by atoms with E-state index in [0.29, 0.717) is 33.3 Å². The van der Waals surface area contributed by atoms with Gasteiger partial charge in [-0.05, 0) is 47.5 Å². The molecule has 1 aliphatic heterocycles. The minimum Gasteiger partial charge on any atom is -0.494 e. The van der Waals surface area contributed by atoms with E-state index in [-0.39, 0.29) is 0 Å². The normalized spacial score (nSPS) is 13.4. The van der Waals surface area contributed by atoms with Crippen molar-refractivity contribution < 1.29 is 9.26 Å². The van der Waals surface area contributed by atoms with E-state index in [1.165, 1.54) is 0 Å². The highest BCUT2D eigenvalue weighted by molar-refractivity contribution is 9.10. The molecule has 14 heteroatoms. The number of hydrogen-bond acceptors (Lipinski definition) is 11. The molecule has 0 aliphatic carbocycles. The summed E-state index contributed by atoms with van der Waals surface area (Å²) in [5.74, 6) is 2.27. The molecule has 1 aliphatic rings. The third-order valence-corrected chi connectivity index (χ3v) is 8.03. The van der Waals surface area contributed by atoms with Crippen molar-refractivity contribution in [1.82, 2.24) is 35.0 Å². The van der Waals surface area contributed by atoms with Crippen LogP contribution in [0.2, 0.25) is 0 Å². The van der Waals surface area contributed by atoms with Crippen molar-refractivity contribution in [3.8, 4) is 22.6 Å². The second-order valence-corrected chi connectivity index (χ2v) is 12.8. The molecule has 1 fully saturated rings. The zero-order chi connectivity index (χ0) is 29.9. The summed E-state index contributed by atoms with van der Waals surface area (Å²) in [4.78, 5) is 20.7. The van der Waals surface area contributed by atoms with Gasteiger partial charge in [0.25, 0.3) is 0 Å². The fourth-order valence-corrected chi connectivity index (χ4v) is 5.78. The Labute approximate surface area is 259 Å². The van der Waals surface area contributed by atoms with Crippen LogP contribution in [0.1, 0.15) is 0 Å². The average molecular weight is 664 g/mol. The van der Waals surface area contributed by atoms with Crippen molar-refractivity contribution in [1.29, 1.82) is 0 Å². The lowest BCUT2D eigenvalue weighted by atomic mass is 10.0. The molecule has 3 aromatic heterocycles. The Bertz CT molecular complexity index is 1760. The number of fused-ring (bicyclic) bond motifs is 1. The van der Waals surface area contributed by atoms with Crippen LogP contribution in [0.5, 0.6) is 11.5 Å². The van der Waals surface area contributed by atoms with Gasteiger partial charge in [0.15, 0.2) is 5.75 Å². The summed E-state index contributed by atoms with van der Waals surface area (Å²) in [5.41, 5.74) is 6.06. The number of ether oxygens (including phenoxy) is 1. The number of piperazine rings is 1. The van der Waals surface area contributed by atoms with Gasteiger partial charge >= 0.3 is 0 Å². The Hall–Kier alpha value is -4.06. The lowest BCUT2D eigenvalue weighted by Gasteiger charge is -2.31. The Morgan fingerprint density at radius 3 is 2.56 bits per heavy atom. The molecule has 5 aromatic rings. The van der Waals surface area contributed by atoms with Gasteiger partial charge < -0.3 is 30.1 Å². The summed E-state index contributed by atoms with van der Waals surface area (Å²) in [6.07, 6.45) is 8.93. The highest BCUT2D eigenvalue weighted by atomic mass is 79.9. The zero-order valence-electron chi connectivity index (χ0n) is 24.3. The van der Waals surface area contributed by atoms with E-state index in [1.54, 1.807) is 30.4 Å². The maximum Gasteiger partial charge on any atom is 0.229 e. The number of nitrogens with zero attached hydrogens (tertiary/aromatic N) is 7. The molecule has 0 atom stereocenters. The quantitative estimate of drug-likeness (QED) is 0.173. The summed E-state index contributed by atoms with van der Waals surface area (Å²) >= 11 is 3.60. The number of aryl methyl sites for hydroxylation is 1. The van der Waals surface area contributed by atoms with Gasteiger partial charge in [-0.1, -0.05) is 0 Å². The predicted octanol–water partition coefficient (Wildman–Crippen LogP) is 5.52. The first-order chi connectivity index (χ1) is 20.9. The molecule has 0 spiro atoms. The maximum atomic E-state index is 6.24. The molecule has 12 nitrogen and oxygen atoms in total. The van der Waals surface area contributed by atoms with Crippen molar-refractivity contribution in [2.75, 3.05) is 62.2 Å². The molecular formula is C29H32BrN10O2P. The number of nitrogens with one attached hydrogen (secondary N) is 3. The molecule has 0 unspecified atom stereocenters. The molecule has 2 aromatic carbocycles. The van der Waals surface area contributed by atoms with Crippen LogP contribution in [0.4, 0.5) is 28.8 Å². The van der Waals surface area contributed by atoms with Crippen molar-refractivity contribution in [3.63, 3.8) is 0 Å². The Morgan fingerprint density at radius 1 is 1.00 bits per heavy atom. The molecule has 6 rings (SSSR count). The third kappa shape index (κ3) is 6.34. The molecule has 0 amide bonds. The summed E-state index contributed by atoms with van der Waals surface area (Å²) in [5, 5.41) is 14.6.